The Hall–Kier alpha value is -0.210. The summed E-state index contributed by atoms with van der Waals surface area (Å²) >= 11 is 12.5. The lowest BCUT2D eigenvalue weighted by atomic mass is 9.76. The van der Waals surface area contributed by atoms with E-state index in [2.05, 4.69) is 0 Å². The normalized spacial score (nSPS) is 42.4. The van der Waals surface area contributed by atoms with Crippen molar-refractivity contribution in [2.24, 2.45) is 23.7 Å². The van der Waals surface area contributed by atoms with E-state index in [1.54, 1.807) is 0 Å². The Kier molecular flexibility index (Phi) is 13.1. The molecule has 0 aromatic heterocycles. The van der Waals surface area contributed by atoms with E-state index in [1.165, 1.54) is 0 Å². The Labute approximate surface area is 294 Å². The van der Waals surface area contributed by atoms with Crippen molar-refractivity contribution < 1.29 is 27.5 Å². The lowest BCUT2D eigenvalue weighted by Gasteiger charge is -2.37. The first-order valence-electron chi connectivity index (χ1n) is 19.5. The summed E-state index contributed by atoms with van der Waals surface area (Å²) in [6.45, 7) is 0. The fourth-order valence-electron chi connectivity index (χ4n) is 10.1. The van der Waals surface area contributed by atoms with E-state index >= 15 is 0 Å². The first-order valence-corrected chi connectivity index (χ1v) is 22.0. The van der Waals surface area contributed by atoms with Crippen molar-refractivity contribution in [2.75, 3.05) is 0 Å². The van der Waals surface area contributed by atoms with Crippen LogP contribution < -0.4 is 0 Å². The maximum absolute atomic E-state index is 13.7. The molecule has 0 atom stereocenters. The highest BCUT2D eigenvalue weighted by atomic mass is 35.5. The highest BCUT2D eigenvalue weighted by Crippen LogP contribution is 2.40. The molecule has 0 saturated heterocycles. The minimum absolute atomic E-state index is 0.146. The summed E-state index contributed by atoms with van der Waals surface area (Å²) in [7, 11) is -3.16. The lowest BCUT2D eigenvalue weighted by Crippen LogP contribution is -2.41. The fourth-order valence-corrected chi connectivity index (χ4v) is 13.0. The van der Waals surface area contributed by atoms with Crippen LogP contribution in [0, 0.1) is 23.7 Å². The summed E-state index contributed by atoms with van der Waals surface area (Å²) in [5, 5.41) is 0.00703. The second kappa shape index (κ2) is 16.9. The Morgan fingerprint density at radius 3 is 0.894 bits per heavy atom. The summed E-state index contributed by atoms with van der Waals surface area (Å²) in [5.41, 5.74) is 0. The van der Waals surface area contributed by atoms with E-state index < -0.39 is 9.84 Å². The van der Waals surface area contributed by atoms with E-state index in [0.29, 0.717) is 37.2 Å². The van der Waals surface area contributed by atoms with Gasteiger partial charge in [-0.1, -0.05) is 0 Å². The molecule has 6 nitrogen and oxygen atoms in total. The maximum Gasteiger partial charge on any atom is 0.156 e. The van der Waals surface area contributed by atoms with Crippen LogP contribution in [-0.2, 0) is 28.9 Å². The lowest BCUT2D eigenvalue weighted by molar-refractivity contribution is -0.131. The highest BCUT2D eigenvalue weighted by Gasteiger charge is 2.41. The number of ketones is 2. The van der Waals surface area contributed by atoms with Crippen molar-refractivity contribution in [1.82, 2.24) is 0 Å². The van der Waals surface area contributed by atoms with E-state index in [9.17, 15) is 18.0 Å². The number of hydrogen-bond acceptors (Lipinski definition) is 6. The fraction of sp³-hybridized carbons (Fsp3) is 0.947. The average molecular weight is 716 g/mol. The van der Waals surface area contributed by atoms with Gasteiger partial charge >= 0.3 is 0 Å². The third kappa shape index (κ3) is 9.57. The Morgan fingerprint density at radius 1 is 0.383 bits per heavy atom. The number of ether oxygens (including phenoxy) is 2. The monoisotopic (exact) mass is 714 g/mol. The van der Waals surface area contributed by atoms with E-state index in [0.717, 1.165) is 128 Å². The van der Waals surface area contributed by atoms with Gasteiger partial charge in [-0.25, -0.2) is 8.42 Å². The summed E-state index contributed by atoms with van der Waals surface area (Å²) in [4.78, 5) is 26.1. The van der Waals surface area contributed by atoms with Crippen LogP contribution in [0.4, 0.5) is 0 Å². The first kappa shape index (κ1) is 36.6. The molecule has 6 rings (SSSR count). The number of halogens is 2. The molecule has 0 aromatic rings. The number of carbonyl (C=O) groups excluding carboxylic acids is 2. The molecule has 9 heteroatoms. The van der Waals surface area contributed by atoms with Crippen molar-refractivity contribution in [3.8, 4) is 0 Å². The number of rotatable bonds is 10. The molecule has 0 unspecified atom stereocenters. The summed E-state index contributed by atoms with van der Waals surface area (Å²) in [5.74, 6) is 1.73. The second-order valence-electron chi connectivity index (χ2n) is 16.3. The predicted octanol–water partition coefficient (Wildman–Crippen LogP) is 8.91. The average Bonchev–Trinajstić information content (AvgIpc) is 3.09. The van der Waals surface area contributed by atoms with Gasteiger partial charge in [0, 0.05) is 34.4 Å². The van der Waals surface area contributed by atoms with Crippen LogP contribution in [0.3, 0.4) is 0 Å². The molecular weight excluding hydrogens is 655 g/mol. The molecule has 0 spiro atoms. The van der Waals surface area contributed by atoms with E-state index in [4.69, 9.17) is 32.7 Å². The topological polar surface area (TPSA) is 86.7 Å². The minimum atomic E-state index is -3.16. The molecule has 6 saturated carbocycles. The van der Waals surface area contributed by atoms with Crippen LogP contribution in [-0.4, -0.2) is 65.7 Å². The second-order valence-corrected chi connectivity index (χ2v) is 20.1. The SMILES string of the molecule is O=C(C1CCC(Cl)CC1)C1CCC(OC2CCC(S(=O)(=O)C3CCC(OC4CCC(C(=O)C5CCC(Cl)CC5)CC4)CC3)CC2)CC1. The van der Waals surface area contributed by atoms with Crippen molar-refractivity contribution in [3.63, 3.8) is 0 Å². The van der Waals surface area contributed by atoms with Gasteiger partial charge in [0.15, 0.2) is 9.84 Å². The van der Waals surface area contributed by atoms with Gasteiger partial charge in [-0.2, -0.15) is 0 Å². The van der Waals surface area contributed by atoms with Gasteiger partial charge in [0.1, 0.15) is 11.6 Å². The van der Waals surface area contributed by atoms with Crippen LogP contribution >= 0.6 is 23.2 Å². The van der Waals surface area contributed by atoms with Crippen molar-refractivity contribution in [2.45, 2.75) is 200 Å². The molecule has 47 heavy (non-hydrogen) atoms. The van der Waals surface area contributed by atoms with Crippen LogP contribution in [0.15, 0.2) is 0 Å². The molecule has 0 aliphatic heterocycles. The maximum atomic E-state index is 13.7. The molecule has 6 aliphatic carbocycles. The Balaban J connectivity index is 0.855. The summed E-state index contributed by atoms with van der Waals surface area (Å²) in [6.07, 6.45) is 22.0. The molecule has 0 amide bonds. The van der Waals surface area contributed by atoms with Crippen LogP contribution in [0.1, 0.15) is 154 Å². The molecule has 6 fully saturated rings. The van der Waals surface area contributed by atoms with Crippen LogP contribution in [0.5, 0.6) is 0 Å². The number of carbonyl (C=O) groups is 2. The first-order chi connectivity index (χ1) is 22.7. The zero-order valence-corrected chi connectivity index (χ0v) is 30.8. The molecule has 6 aliphatic rings. The van der Waals surface area contributed by atoms with Gasteiger partial charge in [-0.3, -0.25) is 9.59 Å². The molecule has 0 heterocycles. The van der Waals surface area contributed by atoms with Gasteiger partial charge in [0.25, 0.3) is 0 Å². The number of Topliss-reactive ketones (excluding diaryl/α,β-unsaturated/α-hetero) is 2. The standard InChI is InChI=1S/C38H60Cl2O6S/c39-29-9-1-25(2-10-29)37(41)27-5-13-31(14-6-27)45-33-17-21-35(22-18-33)47(43,44)36-23-19-34(20-24-36)46-32-15-7-28(8-16-32)38(42)26-3-11-30(40)12-4-26/h25-36H,1-24H2. The van der Waals surface area contributed by atoms with E-state index in [-0.39, 0.29) is 69.3 Å². The van der Waals surface area contributed by atoms with Gasteiger partial charge in [0.05, 0.1) is 34.9 Å². The Bertz CT molecular complexity index is 1030. The molecule has 0 aromatic carbocycles. The third-order valence-electron chi connectivity index (χ3n) is 13.2. The van der Waals surface area contributed by atoms with Crippen molar-refractivity contribution >= 4 is 44.6 Å². The number of sulfone groups is 1. The highest BCUT2D eigenvalue weighted by molar-refractivity contribution is 7.92. The zero-order chi connectivity index (χ0) is 33.0. The Morgan fingerprint density at radius 2 is 0.617 bits per heavy atom. The van der Waals surface area contributed by atoms with Crippen molar-refractivity contribution in [3.05, 3.63) is 0 Å². The molecule has 0 bridgehead atoms. The molecule has 268 valence electrons. The quantitative estimate of drug-likeness (QED) is 0.210. The number of alkyl halides is 2. The van der Waals surface area contributed by atoms with Gasteiger partial charge in [-0.05, 0) is 154 Å². The van der Waals surface area contributed by atoms with Gasteiger partial charge in [-0.15, -0.1) is 23.2 Å². The van der Waals surface area contributed by atoms with Gasteiger partial charge in [0.2, 0.25) is 0 Å². The molecule has 0 N–H and O–H groups in total. The minimum Gasteiger partial charge on any atom is -0.375 e. The molecular formula is C38H60Cl2O6S. The van der Waals surface area contributed by atoms with Gasteiger partial charge < -0.3 is 9.47 Å². The smallest absolute Gasteiger partial charge is 0.156 e. The predicted molar refractivity (Wildman–Crippen MR) is 188 cm³/mol. The van der Waals surface area contributed by atoms with E-state index in [1.807, 2.05) is 0 Å². The number of hydrogen-bond donors (Lipinski definition) is 0. The molecule has 0 radical (unpaired) electrons. The summed E-state index contributed by atoms with van der Waals surface area (Å²) in [6, 6.07) is 0. The largest absolute Gasteiger partial charge is 0.375 e. The summed E-state index contributed by atoms with van der Waals surface area (Å²) < 4.78 is 40.3. The zero-order valence-electron chi connectivity index (χ0n) is 28.5. The van der Waals surface area contributed by atoms with Crippen LogP contribution in [0.2, 0.25) is 0 Å². The van der Waals surface area contributed by atoms with Crippen LogP contribution in [0.25, 0.3) is 0 Å². The third-order valence-corrected chi connectivity index (χ3v) is 16.9. The van der Waals surface area contributed by atoms with Crippen molar-refractivity contribution in [1.29, 1.82) is 0 Å².